The summed E-state index contributed by atoms with van der Waals surface area (Å²) in [7, 11) is 0. The van der Waals surface area contributed by atoms with Crippen LogP contribution in [0.15, 0.2) is 49.1 Å². The molecule has 1 unspecified atom stereocenters. The number of benzene rings is 2. The maximum Gasteiger partial charge on any atom is 0.166 e. The van der Waals surface area contributed by atoms with E-state index < -0.39 is 40.3 Å². The highest BCUT2D eigenvalue weighted by atomic mass is 19.2. The van der Waals surface area contributed by atoms with E-state index >= 15 is 0 Å². The minimum atomic E-state index is -1.38. The fourth-order valence-electron chi connectivity index (χ4n) is 2.70. The molecule has 0 aliphatic heterocycles. The number of halogens is 5. The van der Waals surface area contributed by atoms with Crippen LogP contribution in [0.25, 0.3) is 0 Å². The maximum atomic E-state index is 14.1. The minimum absolute atomic E-state index is 0.249. The molecular formula is C21H19F5. The molecule has 0 bridgehead atoms. The first kappa shape index (κ1) is 19.9. The Labute approximate surface area is 149 Å². The van der Waals surface area contributed by atoms with Crippen molar-refractivity contribution in [3.8, 4) is 0 Å². The predicted octanol–water partition coefficient (Wildman–Crippen LogP) is 6.54. The SMILES string of the molecule is C=CC(CC/C=C/Cc1ccc(F)cc1)c1c(F)c(F)c(C)c(F)c1F. The van der Waals surface area contributed by atoms with Crippen LogP contribution >= 0.6 is 0 Å². The molecule has 0 spiro atoms. The summed E-state index contributed by atoms with van der Waals surface area (Å²) in [6, 6.07) is 6.05. The number of rotatable bonds is 7. The highest BCUT2D eigenvalue weighted by Gasteiger charge is 2.26. The monoisotopic (exact) mass is 366 g/mol. The van der Waals surface area contributed by atoms with E-state index in [2.05, 4.69) is 6.58 Å². The van der Waals surface area contributed by atoms with Crippen molar-refractivity contribution >= 4 is 0 Å². The standard InChI is InChI=1S/C21H19F5/c1-3-15(17-20(25)18(23)13(2)19(24)21(17)26)8-6-4-5-7-14-9-11-16(22)12-10-14/h3-5,9-12,15H,1,6-8H2,2H3/b5-4+. The van der Waals surface area contributed by atoms with E-state index in [-0.39, 0.29) is 12.2 Å². The van der Waals surface area contributed by atoms with Crippen LogP contribution in [0.3, 0.4) is 0 Å². The van der Waals surface area contributed by atoms with E-state index in [9.17, 15) is 22.0 Å². The Hall–Kier alpha value is -2.43. The van der Waals surface area contributed by atoms with Gasteiger partial charge in [0.05, 0.1) is 0 Å². The summed E-state index contributed by atoms with van der Waals surface area (Å²) >= 11 is 0. The molecule has 0 saturated carbocycles. The summed E-state index contributed by atoms with van der Waals surface area (Å²) in [4.78, 5) is 0. The molecule has 0 heterocycles. The molecule has 2 aromatic carbocycles. The van der Waals surface area contributed by atoms with Crippen molar-refractivity contribution < 1.29 is 22.0 Å². The Kier molecular flexibility index (Phi) is 6.72. The van der Waals surface area contributed by atoms with Gasteiger partial charge in [-0.25, -0.2) is 22.0 Å². The van der Waals surface area contributed by atoms with Crippen LogP contribution < -0.4 is 0 Å². The topological polar surface area (TPSA) is 0 Å². The molecule has 2 aromatic rings. The van der Waals surface area contributed by atoms with E-state index in [1.165, 1.54) is 18.2 Å². The van der Waals surface area contributed by atoms with Gasteiger partial charge in [0.2, 0.25) is 0 Å². The molecule has 0 fully saturated rings. The van der Waals surface area contributed by atoms with Gasteiger partial charge in [-0.15, -0.1) is 6.58 Å². The van der Waals surface area contributed by atoms with Crippen molar-refractivity contribution in [2.45, 2.75) is 32.1 Å². The third-order valence-corrected chi connectivity index (χ3v) is 4.25. The normalized spacial score (nSPS) is 12.5. The van der Waals surface area contributed by atoms with Crippen LogP contribution in [0.4, 0.5) is 22.0 Å². The zero-order valence-corrected chi connectivity index (χ0v) is 14.3. The van der Waals surface area contributed by atoms with Crippen LogP contribution in [0.5, 0.6) is 0 Å². The van der Waals surface area contributed by atoms with Gasteiger partial charge < -0.3 is 0 Å². The van der Waals surface area contributed by atoms with Gasteiger partial charge in [0.15, 0.2) is 23.3 Å². The van der Waals surface area contributed by atoms with Crippen LogP contribution in [0.2, 0.25) is 0 Å². The van der Waals surface area contributed by atoms with Crippen molar-refractivity contribution in [2.24, 2.45) is 0 Å². The molecule has 0 amide bonds. The molecule has 0 nitrogen and oxygen atoms in total. The molecule has 138 valence electrons. The molecule has 0 aliphatic rings. The first-order valence-corrected chi connectivity index (χ1v) is 8.21. The quantitative estimate of drug-likeness (QED) is 0.296. The lowest BCUT2D eigenvalue weighted by Gasteiger charge is -2.16. The first-order valence-electron chi connectivity index (χ1n) is 8.21. The van der Waals surface area contributed by atoms with Crippen LogP contribution in [0, 0.1) is 36.0 Å². The van der Waals surface area contributed by atoms with Crippen LogP contribution in [0.1, 0.15) is 35.4 Å². The van der Waals surface area contributed by atoms with Crippen LogP contribution in [-0.2, 0) is 6.42 Å². The molecule has 5 heteroatoms. The third kappa shape index (κ3) is 4.40. The van der Waals surface area contributed by atoms with Gasteiger partial charge in [0.1, 0.15) is 5.82 Å². The van der Waals surface area contributed by atoms with E-state index in [4.69, 9.17) is 0 Å². The molecule has 0 saturated heterocycles. The maximum absolute atomic E-state index is 14.1. The van der Waals surface area contributed by atoms with E-state index in [0.717, 1.165) is 12.5 Å². The lowest BCUT2D eigenvalue weighted by Crippen LogP contribution is -2.09. The second-order valence-corrected chi connectivity index (χ2v) is 6.02. The summed E-state index contributed by atoms with van der Waals surface area (Å²) in [5.74, 6) is -6.67. The third-order valence-electron chi connectivity index (χ3n) is 4.25. The molecule has 26 heavy (non-hydrogen) atoms. The Morgan fingerprint density at radius 3 is 2.00 bits per heavy atom. The Morgan fingerprint density at radius 1 is 0.885 bits per heavy atom. The number of hydrogen-bond donors (Lipinski definition) is 0. The fraction of sp³-hybridized carbons (Fsp3) is 0.238. The van der Waals surface area contributed by atoms with Crippen molar-refractivity contribution in [1.29, 1.82) is 0 Å². The number of allylic oxidation sites excluding steroid dienone is 3. The summed E-state index contributed by atoms with van der Waals surface area (Å²) in [6.45, 7) is 4.51. The number of hydrogen-bond acceptors (Lipinski definition) is 0. The Morgan fingerprint density at radius 2 is 1.46 bits per heavy atom. The molecule has 2 rings (SSSR count). The van der Waals surface area contributed by atoms with E-state index in [1.54, 1.807) is 18.2 Å². The lowest BCUT2D eigenvalue weighted by molar-refractivity contribution is 0.423. The van der Waals surface area contributed by atoms with Gasteiger partial charge in [0, 0.05) is 17.0 Å². The molecule has 0 aliphatic carbocycles. The Balaban J connectivity index is 2.05. The second-order valence-electron chi connectivity index (χ2n) is 6.02. The van der Waals surface area contributed by atoms with Gasteiger partial charge in [-0.3, -0.25) is 0 Å². The smallest absolute Gasteiger partial charge is 0.166 e. The van der Waals surface area contributed by atoms with Gasteiger partial charge in [-0.2, -0.15) is 0 Å². The second kappa shape index (κ2) is 8.79. The van der Waals surface area contributed by atoms with Crippen molar-refractivity contribution in [3.05, 3.63) is 94.8 Å². The zero-order chi connectivity index (χ0) is 19.3. The fourth-order valence-corrected chi connectivity index (χ4v) is 2.70. The average Bonchev–Trinajstić information content (AvgIpc) is 2.64. The summed E-state index contributed by atoms with van der Waals surface area (Å²) in [5.41, 5.74) is -0.388. The summed E-state index contributed by atoms with van der Waals surface area (Å²) in [5, 5.41) is 0. The van der Waals surface area contributed by atoms with Crippen molar-refractivity contribution in [2.75, 3.05) is 0 Å². The molecule has 0 aromatic heterocycles. The summed E-state index contributed by atoms with van der Waals surface area (Å²) in [6.07, 6.45) is 6.19. The predicted molar refractivity (Wildman–Crippen MR) is 92.4 cm³/mol. The van der Waals surface area contributed by atoms with E-state index in [0.29, 0.717) is 12.8 Å². The minimum Gasteiger partial charge on any atom is -0.207 e. The molecular weight excluding hydrogens is 347 g/mol. The zero-order valence-electron chi connectivity index (χ0n) is 14.3. The largest absolute Gasteiger partial charge is 0.207 e. The van der Waals surface area contributed by atoms with Crippen LogP contribution in [-0.4, -0.2) is 0 Å². The van der Waals surface area contributed by atoms with Gasteiger partial charge in [-0.05, 0) is 43.9 Å². The van der Waals surface area contributed by atoms with Gasteiger partial charge in [-0.1, -0.05) is 30.4 Å². The highest BCUT2D eigenvalue weighted by Crippen LogP contribution is 2.32. The highest BCUT2D eigenvalue weighted by molar-refractivity contribution is 5.33. The average molecular weight is 366 g/mol. The lowest BCUT2D eigenvalue weighted by atomic mass is 9.91. The first-order chi connectivity index (χ1) is 12.4. The van der Waals surface area contributed by atoms with Crippen molar-refractivity contribution in [3.63, 3.8) is 0 Å². The molecule has 1 atom stereocenters. The Bertz CT molecular complexity index is 777. The molecule has 0 N–H and O–H groups in total. The van der Waals surface area contributed by atoms with Gasteiger partial charge >= 0.3 is 0 Å². The summed E-state index contributed by atoms with van der Waals surface area (Å²) < 4.78 is 68.5. The van der Waals surface area contributed by atoms with Crippen molar-refractivity contribution in [1.82, 2.24) is 0 Å². The molecule has 0 radical (unpaired) electrons. The van der Waals surface area contributed by atoms with E-state index in [1.807, 2.05) is 6.08 Å². The van der Waals surface area contributed by atoms with Gasteiger partial charge in [0.25, 0.3) is 0 Å².